The molecule has 1 fully saturated rings. The Kier molecular flexibility index (Phi) is 18.3. The summed E-state index contributed by atoms with van der Waals surface area (Å²) in [6.07, 6.45) is 8.17. The summed E-state index contributed by atoms with van der Waals surface area (Å²) in [4.78, 5) is 18.9. The molecule has 2 N–H and O–H groups in total. The minimum Gasteiger partial charge on any atom is -0.491 e. The number of hydrogen-bond donors (Lipinski definition) is 2. The Morgan fingerprint density at radius 1 is 1.02 bits per heavy atom. The number of aliphatic hydroxyl groups is 1. The molecular formula is C39H59F6N3O4S. The number of unbranched alkanes of at least 4 members (excludes halogenated alkanes) is 11. The molecule has 14 heteroatoms. The highest BCUT2D eigenvalue weighted by atomic mass is 32.1. The van der Waals surface area contributed by atoms with Crippen molar-refractivity contribution < 1.29 is 45.7 Å². The second kappa shape index (κ2) is 21.6. The van der Waals surface area contributed by atoms with Gasteiger partial charge in [-0.15, -0.1) is 11.3 Å². The van der Waals surface area contributed by atoms with E-state index in [4.69, 9.17) is 9.47 Å². The van der Waals surface area contributed by atoms with Gasteiger partial charge in [-0.2, -0.15) is 26.9 Å². The maximum atomic E-state index is 14.9. The van der Waals surface area contributed by atoms with Crippen LogP contribution in [0.4, 0.5) is 26.3 Å². The van der Waals surface area contributed by atoms with Crippen molar-refractivity contribution in [2.24, 2.45) is 4.99 Å². The quantitative estimate of drug-likeness (QED) is 0.0667. The molecular weight excluding hydrogens is 721 g/mol. The maximum Gasteiger partial charge on any atom is 0.416 e. The number of ether oxygens (including phenoxy) is 2. The summed E-state index contributed by atoms with van der Waals surface area (Å²) < 4.78 is 98.7. The van der Waals surface area contributed by atoms with Gasteiger partial charge in [0.25, 0.3) is 5.91 Å². The molecule has 3 atom stereocenters. The number of alkyl halides is 6. The average molecular weight is 780 g/mol. The van der Waals surface area contributed by atoms with Crippen LogP contribution in [0, 0.1) is 0 Å². The summed E-state index contributed by atoms with van der Waals surface area (Å²) >= 11 is 1.23. The van der Waals surface area contributed by atoms with Gasteiger partial charge in [0.05, 0.1) is 36.4 Å². The van der Waals surface area contributed by atoms with Crippen molar-refractivity contribution in [3.8, 4) is 5.75 Å². The van der Waals surface area contributed by atoms with Crippen molar-refractivity contribution >= 4 is 17.2 Å². The Hall–Kier alpha value is -2.42. The molecule has 3 rings (SSSR count). The highest BCUT2D eigenvalue weighted by Gasteiger charge is 2.41. The Morgan fingerprint density at radius 2 is 1.64 bits per heavy atom. The van der Waals surface area contributed by atoms with E-state index in [1.807, 2.05) is 27.0 Å². The summed E-state index contributed by atoms with van der Waals surface area (Å²) in [5, 5.41) is 11.6. The predicted octanol–water partition coefficient (Wildman–Crippen LogP) is 10.1. The zero-order valence-electron chi connectivity index (χ0n) is 31.7. The second-order valence-corrected chi connectivity index (χ2v) is 16.2. The molecule has 302 valence electrons. The van der Waals surface area contributed by atoms with Crippen LogP contribution in [0.1, 0.15) is 145 Å². The standard InChI is InChI=1S/C39H59F6N3O4S/c1-5-6-7-8-9-10-11-12-13-14-15-16-19-33(40)39(44,45)47-29(26-49)27-52-32-21-20-28(38(41,42)43)23-31(32)35(50)46-36-48(24-30-18-17-22-51-30)25-34(53-36)37(2,3)4/h20-21,23,25,29-30,33,47,49H,5-19,22,24,26-27H2,1-4H3/b46-36-/t29-,30-,33?/m1/s1. The van der Waals surface area contributed by atoms with Gasteiger partial charge < -0.3 is 19.1 Å². The summed E-state index contributed by atoms with van der Waals surface area (Å²) in [5.74, 6) is -1.37. The van der Waals surface area contributed by atoms with Gasteiger partial charge >= 0.3 is 12.2 Å². The molecule has 1 aromatic carbocycles. The topological polar surface area (TPSA) is 85.1 Å². The van der Waals surface area contributed by atoms with Crippen molar-refractivity contribution in [1.29, 1.82) is 0 Å². The number of carbonyl (C=O) groups excluding carboxylic acids is 1. The minimum atomic E-state index is -4.80. The number of halogens is 6. The molecule has 0 saturated carbocycles. The number of nitrogens with zero attached hydrogens (tertiary/aromatic N) is 2. The summed E-state index contributed by atoms with van der Waals surface area (Å²) in [6.45, 7) is 7.58. The monoisotopic (exact) mass is 779 g/mol. The highest BCUT2D eigenvalue weighted by Crippen LogP contribution is 2.33. The lowest BCUT2D eigenvalue weighted by atomic mass is 9.95. The van der Waals surface area contributed by atoms with Crippen LogP contribution in [-0.4, -0.2) is 59.8 Å². The van der Waals surface area contributed by atoms with Gasteiger partial charge in [-0.3, -0.25) is 4.79 Å². The third-order valence-electron chi connectivity index (χ3n) is 9.38. The first-order valence-electron chi connectivity index (χ1n) is 19.2. The minimum absolute atomic E-state index is 0.103. The first kappa shape index (κ1) is 45.0. The molecule has 1 unspecified atom stereocenters. The van der Waals surface area contributed by atoms with Crippen molar-refractivity contribution in [2.75, 3.05) is 19.8 Å². The van der Waals surface area contributed by atoms with Crippen molar-refractivity contribution in [2.45, 2.75) is 167 Å². The predicted molar refractivity (Wildman–Crippen MR) is 196 cm³/mol. The fraction of sp³-hybridized carbons (Fsp3) is 0.744. The molecule has 1 aromatic heterocycles. The van der Waals surface area contributed by atoms with Gasteiger partial charge in [0, 0.05) is 17.7 Å². The molecule has 2 heterocycles. The van der Waals surface area contributed by atoms with E-state index >= 15 is 0 Å². The van der Waals surface area contributed by atoms with Gasteiger partial charge in [-0.05, 0) is 42.9 Å². The van der Waals surface area contributed by atoms with E-state index in [-0.39, 0.29) is 34.9 Å². The smallest absolute Gasteiger partial charge is 0.416 e. The Balaban J connectivity index is 1.63. The first-order chi connectivity index (χ1) is 25.0. The zero-order valence-corrected chi connectivity index (χ0v) is 32.5. The molecule has 0 aliphatic carbocycles. The molecule has 53 heavy (non-hydrogen) atoms. The van der Waals surface area contributed by atoms with Gasteiger partial charge in [0.1, 0.15) is 12.4 Å². The fourth-order valence-corrected chi connectivity index (χ4v) is 7.19. The fourth-order valence-electron chi connectivity index (χ4n) is 6.14. The van der Waals surface area contributed by atoms with Crippen molar-refractivity contribution in [1.82, 2.24) is 9.88 Å². The first-order valence-corrected chi connectivity index (χ1v) is 20.0. The molecule has 0 radical (unpaired) electrons. The molecule has 1 saturated heterocycles. The number of hydrogen-bond acceptors (Lipinski definition) is 6. The normalized spacial score (nSPS) is 17.0. The van der Waals surface area contributed by atoms with E-state index in [9.17, 15) is 36.2 Å². The Morgan fingerprint density at radius 3 is 2.19 bits per heavy atom. The molecule has 1 amide bonds. The number of aliphatic hydroxyl groups excluding tert-OH is 1. The second-order valence-electron chi connectivity index (χ2n) is 15.1. The van der Waals surface area contributed by atoms with Crippen molar-refractivity contribution in [3.05, 3.63) is 45.2 Å². The van der Waals surface area contributed by atoms with E-state index in [0.717, 1.165) is 49.5 Å². The number of amides is 1. The van der Waals surface area contributed by atoms with Crippen LogP contribution in [-0.2, 0) is 22.9 Å². The lowest BCUT2D eigenvalue weighted by Gasteiger charge is -2.27. The lowest BCUT2D eigenvalue weighted by molar-refractivity contribution is -0.137. The Labute approximate surface area is 314 Å². The molecule has 2 aromatic rings. The van der Waals surface area contributed by atoms with Crippen LogP contribution in [0.2, 0.25) is 0 Å². The summed E-state index contributed by atoms with van der Waals surface area (Å²) in [5.41, 5.74) is -1.96. The van der Waals surface area contributed by atoms with Gasteiger partial charge in [0.2, 0.25) is 0 Å². The third kappa shape index (κ3) is 15.3. The van der Waals surface area contributed by atoms with Crippen LogP contribution in [0.25, 0.3) is 0 Å². The number of nitrogens with one attached hydrogen (secondary N) is 1. The van der Waals surface area contributed by atoms with Gasteiger partial charge in [0.15, 0.2) is 11.0 Å². The number of rotatable bonds is 23. The van der Waals surface area contributed by atoms with E-state index in [2.05, 4.69) is 11.9 Å². The van der Waals surface area contributed by atoms with E-state index < -0.39 is 54.7 Å². The van der Waals surface area contributed by atoms with Gasteiger partial charge in [-0.1, -0.05) is 105 Å². The van der Waals surface area contributed by atoms with Crippen LogP contribution in [0.3, 0.4) is 0 Å². The highest BCUT2D eigenvalue weighted by molar-refractivity contribution is 7.09. The van der Waals surface area contributed by atoms with Crippen LogP contribution < -0.4 is 14.9 Å². The third-order valence-corrected chi connectivity index (χ3v) is 10.8. The molecule has 0 bridgehead atoms. The van der Waals surface area contributed by atoms with E-state index in [1.54, 1.807) is 9.88 Å². The summed E-state index contributed by atoms with van der Waals surface area (Å²) in [6, 6.07) is -3.27. The maximum absolute atomic E-state index is 14.9. The van der Waals surface area contributed by atoms with E-state index in [1.165, 1.54) is 49.9 Å². The molecule has 0 spiro atoms. The molecule has 7 nitrogen and oxygen atoms in total. The average Bonchev–Trinajstić information content (AvgIpc) is 3.76. The number of aromatic nitrogens is 1. The molecule has 1 aliphatic heterocycles. The van der Waals surface area contributed by atoms with Crippen molar-refractivity contribution in [3.63, 3.8) is 0 Å². The zero-order chi connectivity index (χ0) is 39.1. The Bertz CT molecular complexity index is 1450. The SMILES string of the molecule is CCCCCCCCCCCCCCC(F)C(F)(F)N[C@H](CO)COc1ccc(C(F)(F)F)cc1C(=O)/N=c1\sc(C(C)(C)C)cn1C[C@H]1CCCO1. The van der Waals surface area contributed by atoms with Gasteiger partial charge in [-0.25, -0.2) is 9.71 Å². The summed E-state index contributed by atoms with van der Waals surface area (Å²) in [7, 11) is 0. The number of thiazole rings is 1. The van der Waals surface area contributed by atoms with Crippen LogP contribution >= 0.6 is 11.3 Å². The number of benzene rings is 1. The number of carbonyl (C=O) groups is 1. The van der Waals surface area contributed by atoms with Crippen LogP contribution in [0.5, 0.6) is 5.75 Å². The van der Waals surface area contributed by atoms with E-state index in [0.29, 0.717) is 31.7 Å². The lowest BCUT2D eigenvalue weighted by Crippen LogP contribution is -2.53. The largest absolute Gasteiger partial charge is 0.491 e. The van der Waals surface area contributed by atoms with Crippen LogP contribution in [0.15, 0.2) is 29.4 Å². The molecule has 1 aliphatic rings.